The lowest BCUT2D eigenvalue weighted by Gasteiger charge is -2.47. The number of fused-ring (bicyclic) bond motifs is 1. The van der Waals surface area contributed by atoms with E-state index >= 15 is 0 Å². The summed E-state index contributed by atoms with van der Waals surface area (Å²) in [5.74, 6) is 0. The van der Waals surface area contributed by atoms with Crippen LogP contribution in [0.25, 0.3) is 0 Å². The van der Waals surface area contributed by atoms with Gasteiger partial charge in [0.15, 0.2) is 0 Å². The summed E-state index contributed by atoms with van der Waals surface area (Å²) < 4.78 is 0. The van der Waals surface area contributed by atoms with Crippen LogP contribution in [0.3, 0.4) is 0 Å². The average molecular weight is 209 g/mol. The van der Waals surface area contributed by atoms with Gasteiger partial charge in [-0.25, -0.2) is 0 Å². The van der Waals surface area contributed by atoms with Gasteiger partial charge in [-0.05, 0) is 12.0 Å². The molecule has 0 aromatic carbocycles. The van der Waals surface area contributed by atoms with Crippen molar-refractivity contribution < 1.29 is 5.21 Å². The molecule has 4 heteroatoms. The summed E-state index contributed by atoms with van der Waals surface area (Å²) in [5, 5.41) is 9.34. The van der Waals surface area contributed by atoms with Gasteiger partial charge in [0.2, 0.25) is 0 Å². The Balaban J connectivity index is 2.09. The molecular weight excluding hydrogens is 190 g/mol. The summed E-state index contributed by atoms with van der Waals surface area (Å²) in [6, 6.07) is 0. The van der Waals surface area contributed by atoms with Crippen LogP contribution in [-0.4, -0.2) is 54.3 Å². The van der Waals surface area contributed by atoms with Gasteiger partial charge in [-0.2, -0.15) is 0 Å². The van der Waals surface area contributed by atoms with Crippen molar-refractivity contribution in [1.29, 1.82) is 0 Å². The van der Waals surface area contributed by atoms with Crippen LogP contribution in [0.4, 0.5) is 0 Å². The highest BCUT2D eigenvalue weighted by Crippen LogP contribution is 2.42. The predicted octanol–water partition coefficient (Wildman–Crippen LogP) is 0.261. The first-order chi connectivity index (χ1) is 7.27. The number of hydrogen-bond acceptors (Lipinski definition) is 4. The van der Waals surface area contributed by atoms with E-state index in [4.69, 9.17) is 0 Å². The zero-order valence-electron chi connectivity index (χ0n) is 9.29. The molecule has 2 unspecified atom stereocenters. The molecule has 4 aliphatic heterocycles. The van der Waals surface area contributed by atoms with Crippen LogP contribution in [0.1, 0.15) is 13.3 Å². The molecule has 2 saturated heterocycles. The Kier molecular flexibility index (Phi) is 2.06. The summed E-state index contributed by atoms with van der Waals surface area (Å²) in [6.45, 7) is 8.89. The third-order valence-electron chi connectivity index (χ3n) is 4.29. The number of nitrogens with one attached hydrogen (secondary N) is 1. The lowest BCUT2D eigenvalue weighted by atomic mass is 9.74. The summed E-state index contributed by atoms with van der Waals surface area (Å²) in [6.07, 6.45) is 1.10. The SMILES string of the molecule is CCC12CN3CCN(CC(=C1NO)C3)C2. The molecule has 84 valence electrons. The molecule has 2 atom stereocenters. The quantitative estimate of drug-likeness (QED) is 0.640. The second-order valence-corrected chi connectivity index (χ2v) is 5.15. The Labute approximate surface area is 90.5 Å². The van der Waals surface area contributed by atoms with Crippen molar-refractivity contribution in [3.05, 3.63) is 11.3 Å². The van der Waals surface area contributed by atoms with Gasteiger partial charge in [-0.15, -0.1) is 0 Å². The fraction of sp³-hybridized carbons (Fsp3) is 0.818. The van der Waals surface area contributed by atoms with E-state index in [1.807, 2.05) is 0 Å². The van der Waals surface area contributed by atoms with E-state index in [1.54, 1.807) is 0 Å². The number of hydroxylamine groups is 1. The maximum absolute atomic E-state index is 9.34. The zero-order valence-corrected chi connectivity index (χ0v) is 9.29. The molecule has 0 radical (unpaired) electrons. The van der Waals surface area contributed by atoms with Crippen LogP contribution in [0.5, 0.6) is 0 Å². The van der Waals surface area contributed by atoms with E-state index in [9.17, 15) is 5.21 Å². The Morgan fingerprint density at radius 1 is 1.27 bits per heavy atom. The van der Waals surface area contributed by atoms with Crippen LogP contribution in [0, 0.1) is 5.41 Å². The van der Waals surface area contributed by atoms with Crippen LogP contribution >= 0.6 is 0 Å². The molecule has 0 amide bonds. The molecule has 0 aromatic heterocycles. The van der Waals surface area contributed by atoms with E-state index < -0.39 is 0 Å². The highest BCUT2D eigenvalue weighted by Gasteiger charge is 2.46. The molecule has 4 rings (SSSR count). The normalized spacial score (nSPS) is 43.3. The van der Waals surface area contributed by atoms with Gasteiger partial charge >= 0.3 is 0 Å². The van der Waals surface area contributed by atoms with E-state index in [-0.39, 0.29) is 5.41 Å². The van der Waals surface area contributed by atoms with E-state index in [2.05, 4.69) is 22.2 Å². The first kappa shape index (κ1) is 9.63. The molecule has 0 aromatic rings. The fourth-order valence-corrected chi connectivity index (χ4v) is 3.50. The minimum atomic E-state index is 0.164. The third kappa shape index (κ3) is 1.25. The number of nitrogens with zero attached hydrogens (tertiary/aromatic N) is 2. The number of hydrogen-bond donors (Lipinski definition) is 2. The van der Waals surface area contributed by atoms with Crippen LogP contribution in [0.2, 0.25) is 0 Å². The first-order valence-electron chi connectivity index (χ1n) is 5.85. The maximum Gasteiger partial charge on any atom is 0.0481 e. The van der Waals surface area contributed by atoms with Crippen molar-refractivity contribution in [2.75, 3.05) is 39.3 Å². The van der Waals surface area contributed by atoms with Gasteiger partial charge in [0.1, 0.15) is 0 Å². The topological polar surface area (TPSA) is 38.7 Å². The Morgan fingerprint density at radius 2 is 1.87 bits per heavy atom. The second kappa shape index (κ2) is 3.20. The van der Waals surface area contributed by atoms with Crippen LogP contribution in [0.15, 0.2) is 11.3 Å². The van der Waals surface area contributed by atoms with Gasteiger partial charge in [0.25, 0.3) is 0 Å². The third-order valence-corrected chi connectivity index (χ3v) is 4.29. The van der Waals surface area contributed by atoms with Crippen molar-refractivity contribution in [1.82, 2.24) is 15.3 Å². The van der Waals surface area contributed by atoms with Crippen LogP contribution < -0.4 is 5.48 Å². The predicted molar refractivity (Wildman–Crippen MR) is 57.6 cm³/mol. The molecule has 4 heterocycles. The smallest absolute Gasteiger partial charge is 0.0481 e. The molecule has 15 heavy (non-hydrogen) atoms. The molecule has 0 aliphatic carbocycles. The second-order valence-electron chi connectivity index (χ2n) is 5.15. The van der Waals surface area contributed by atoms with Crippen molar-refractivity contribution in [3.63, 3.8) is 0 Å². The van der Waals surface area contributed by atoms with E-state index in [0.717, 1.165) is 38.3 Å². The molecule has 2 N–H and O–H groups in total. The van der Waals surface area contributed by atoms with E-state index in [0.29, 0.717) is 0 Å². The van der Waals surface area contributed by atoms with Gasteiger partial charge in [-0.3, -0.25) is 20.5 Å². The van der Waals surface area contributed by atoms with Crippen molar-refractivity contribution >= 4 is 0 Å². The molecule has 2 fully saturated rings. The van der Waals surface area contributed by atoms with Crippen molar-refractivity contribution in [2.24, 2.45) is 5.41 Å². The van der Waals surface area contributed by atoms with E-state index in [1.165, 1.54) is 18.7 Å². The lowest BCUT2D eigenvalue weighted by molar-refractivity contribution is 0.0818. The molecule has 4 nitrogen and oxygen atoms in total. The standard InChI is InChI=1S/C11H19N3O/c1-2-11-7-13-3-4-14(8-11)6-9(5-13)10(11)12-15/h12,15H,2-8H2,1H3. The minimum absolute atomic E-state index is 0.164. The molecule has 4 bridgehead atoms. The number of rotatable bonds is 2. The highest BCUT2D eigenvalue weighted by atomic mass is 16.5. The highest BCUT2D eigenvalue weighted by molar-refractivity contribution is 5.31. The minimum Gasteiger partial charge on any atom is -0.297 e. The molecular formula is C11H19N3O. The summed E-state index contributed by atoms with van der Waals surface area (Å²) in [7, 11) is 0. The summed E-state index contributed by atoms with van der Waals surface area (Å²) in [5.41, 5.74) is 5.18. The Morgan fingerprint density at radius 3 is 2.33 bits per heavy atom. The molecule has 0 saturated carbocycles. The molecule has 4 aliphatic rings. The zero-order chi connectivity index (χ0) is 10.5. The Hall–Kier alpha value is -0.580. The fourth-order valence-electron chi connectivity index (χ4n) is 3.50. The molecule has 0 spiro atoms. The van der Waals surface area contributed by atoms with Gasteiger partial charge in [0, 0.05) is 50.4 Å². The Bertz CT molecular complexity index is 295. The van der Waals surface area contributed by atoms with Gasteiger partial charge in [0.05, 0.1) is 0 Å². The average Bonchev–Trinajstić information content (AvgIpc) is 2.47. The summed E-state index contributed by atoms with van der Waals surface area (Å²) in [4.78, 5) is 5.07. The maximum atomic E-state index is 9.34. The van der Waals surface area contributed by atoms with Crippen LogP contribution in [-0.2, 0) is 0 Å². The summed E-state index contributed by atoms with van der Waals surface area (Å²) >= 11 is 0. The van der Waals surface area contributed by atoms with Gasteiger partial charge < -0.3 is 0 Å². The van der Waals surface area contributed by atoms with Crippen molar-refractivity contribution in [3.8, 4) is 0 Å². The monoisotopic (exact) mass is 209 g/mol. The first-order valence-corrected chi connectivity index (χ1v) is 5.85. The largest absolute Gasteiger partial charge is 0.297 e. The lowest BCUT2D eigenvalue weighted by Crippen LogP contribution is -2.54. The van der Waals surface area contributed by atoms with Crippen molar-refractivity contribution in [2.45, 2.75) is 13.3 Å². The van der Waals surface area contributed by atoms with Gasteiger partial charge in [-0.1, -0.05) is 6.92 Å².